The summed E-state index contributed by atoms with van der Waals surface area (Å²) in [5.41, 5.74) is 18.6. The smallest absolute Gasteiger partial charge is 0.246 e. The largest absolute Gasteiger partial charge is 0.495 e. The van der Waals surface area contributed by atoms with Crippen molar-refractivity contribution in [2.75, 3.05) is 72.5 Å². The zero-order valence-corrected chi connectivity index (χ0v) is 39.6. The molecule has 6 aromatic heterocycles. The number of hydrogen-bond donors (Lipinski definition) is 2. The summed E-state index contributed by atoms with van der Waals surface area (Å²) in [7, 11) is 7.35. The van der Waals surface area contributed by atoms with Crippen LogP contribution in [0.3, 0.4) is 0 Å². The Bertz CT molecular complexity index is 3190. The van der Waals surface area contributed by atoms with Gasteiger partial charge in [-0.3, -0.25) is 9.59 Å². The van der Waals surface area contributed by atoms with Crippen LogP contribution in [0.1, 0.15) is 23.6 Å². The molecule has 66 heavy (non-hydrogen) atoms. The van der Waals surface area contributed by atoms with Gasteiger partial charge in [-0.15, -0.1) is 22.7 Å². The van der Waals surface area contributed by atoms with E-state index >= 15 is 0 Å². The topological polar surface area (TPSA) is 176 Å². The maximum atomic E-state index is 12.5. The Balaban J connectivity index is 0.000000166. The first-order chi connectivity index (χ1) is 31.8. The molecule has 8 aromatic rings. The molecule has 2 amide bonds. The van der Waals surface area contributed by atoms with E-state index in [2.05, 4.69) is 98.3 Å². The maximum Gasteiger partial charge on any atom is 0.246 e. The van der Waals surface area contributed by atoms with Gasteiger partial charge in [-0.05, 0) is 92.5 Å². The second kappa shape index (κ2) is 18.2. The molecule has 4 N–H and O–H groups in total. The molecular weight excluding hydrogens is 871 g/mol. The normalized spacial score (nSPS) is 15.3. The van der Waals surface area contributed by atoms with Crippen LogP contribution in [0.2, 0.25) is 0 Å². The molecular formula is C49H53N11O4S2. The van der Waals surface area contributed by atoms with Crippen LogP contribution in [-0.2, 0) is 16.1 Å². The van der Waals surface area contributed by atoms with Crippen LogP contribution in [0.4, 0.5) is 11.6 Å². The second-order valence-corrected chi connectivity index (χ2v) is 19.4. The number of amides is 2. The molecule has 1 atom stereocenters. The van der Waals surface area contributed by atoms with Crippen molar-refractivity contribution in [3.63, 3.8) is 0 Å². The molecule has 2 aliphatic heterocycles. The van der Waals surface area contributed by atoms with Gasteiger partial charge in [0.25, 0.3) is 0 Å². The van der Waals surface area contributed by atoms with Gasteiger partial charge in [0, 0.05) is 78.6 Å². The van der Waals surface area contributed by atoms with Gasteiger partial charge in [-0.25, -0.2) is 19.9 Å². The summed E-state index contributed by atoms with van der Waals surface area (Å²) in [5, 5.41) is 4.00. The van der Waals surface area contributed by atoms with Crippen LogP contribution in [0.25, 0.3) is 63.1 Å². The fourth-order valence-corrected chi connectivity index (χ4v) is 11.3. The van der Waals surface area contributed by atoms with Gasteiger partial charge in [0.1, 0.15) is 47.1 Å². The average Bonchev–Trinajstić information content (AvgIpc) is 4.13. The Kier molecular flexibility index (Phi) is 12.3. The third-order valence-corrected chi connectivity index (χ3v) is 14.7. The number of aromatic nitrogens is 6. The molecule has 0 saturated carbocycles. The van der Waals surface area contributed by atoms with E-state index in [0.29, 0.717) is 30.6 Å². The molecule has 8 heterocycles. The Labute approximate surface area is 390 Å². The molecule has 10 rings (SSSR count). The van der Waals surface area contributed by atoms with Crippen molar-refractivity contribution in [2.45, 2.75) is 32.9 Å². The van der Waals surface area contributed by atoms with Crippen molar-refractivity contribution in [1.29, 1.82) is 0 Å². The minimum absolute atomic E-state index is 0.00774. The molecule has 17 heteroatoms. The van der Waals surface area contributed by atoms with E-state index in [1.807, 2.05) is 34.9 Å². The predicted molar refractivity (Wildman–Crippen MR) is 266 cm³/mol. The maximum absolute atomic E-state index is 12.5. The minimum Gasteiger partial charge on any atom is -0.495 e. The van der Waals surface area contributed by atoms with E-state index in [9.17, 15) is 9.59 Å². The average molecular weight is 924 g/mol. The van der Waals surface area contributed by atoms with Crippen LogP contribution in [0.5, 0.6) is 11.5 Å². The number of nitrogens with two attached hydrogens (primary N) is 2. The zero-order chi connectivity index (χ0) is 46.4. The summed E-state index contributed by atoms with van der Waals surface area (Å²) in [5.74, 6) is 3.06. The third-order valence-electron chi connectivity index (χ3n) is 12.3. The lowest BCUT2D eigenvalue weighted by atomic mass is 10.1. The van der Waals surface area contributed by atoms with Gasteiger partial charge in [0.2, 0.25) is 11.8 Å². The number of methoxy groups -OCH3 is 2. The van der Waals surface area contributed by atoms with Crippen molar-refractivity contribution in [1.82, 2.24) is 43.8 Å². The number of carbonyl (C=O) groups is 2. The number of aryl methyl sites for hydroxylation is 2. The fourth-order valence-electron chi connectivity index (χ4n) is 9.01. The zero-order valence-electron chi connectivity index (χ0n) is 37.9. The number of likely N-dealkylation sites (N-methyl/N-ethyl adjacent to an activating group) is 1. The molecule has 0 spiro atoms. The highest BCUT2D eigenvalue weighted by Crippen LogP contribution is 2.45. The summed E-state index contributed by atoms with van der Waals surface area (Å²) in [6, 6.07) is 12.9. The first-order valence-electron chi connectivity index (χ1n) is 21.7. The second-order valence-electron chi connectivity index (χ2n) is 17.3. The number of rotatable bonds is 11. The molecule has 1 unspecified atom stereocenters. The summed E-state index contributed by atoms with van der Waals surface area (Å²) in [6.45, 7) is 12.0. The van der Waals surface area contributed by atoms with Crippen molar-refractivity contribution >= 4 is 88.4 Å². The van der Waals surface area contributed by atoms with Crippen LogP contribution < -0.4 is 20.9 Å². The van der Waals surface area contributed by atoms with Gasteiger partial charge in [-0.1, -0.05) is 24.8 Å². The monoisotopic (exact) mass is 923 g/mol. The van der Waals surface area contributed by atoms with E-state index in [4.69, 9.17) is 20.9 Å². The molecule has 15 nitrogen and oxygen atoms in total. The van der Waals surface area contributed by atoms with E-state index < -0.39 is 0 Å². The number of ether oxygens (including phenoxy) is 2. The van der Waals surface area contributed by atoms with Crippen molar-refractivity contribution < 1.29 is 19.1 Å². The van der Waals surface area contributed by atoms with Crippen molar-refractivity contribution in [3.8, 4) is 32.4 Å². The summed E-state index contributed by atoms with van der Waals surface area (Å²) in [4.78, 5) is 50.0. The first kappa shape index (κ1) is 44.4. The minimum atomic E-state index is -0.00774. The summed E-state index contributed by atoms with van der Waals surface area (Å²) in [6.07, 6.45) is 13.1. The first-order valence-corrected chi connectivity index (χ1v) is 23.4. The van der Waals surface area contributed by atoms with Gasteiger partial charge < -0.3 is 44.8 Å². The Morgan fingerprint density at radius 1 is 0.788 bits per heavy atom. The van der Waals surface area contributed by atoms with Crippen LogP contribution >= 0.6 is 22.7 Å². The Morgan fingerprint density at radius 3 is 1.94 bits per heavy atom. The summed E-state index contributed by atoms with van der Waals surface area (Å²) < 4.78 is 17.7. The van der Waals surface area contributed by atoms with E-state index in [1.54, 1.807) is 43.0 Å². The molecule has 2 aliphatic rings. The highest BCUT2D eigenvalue weighted by Gasteiger charge is 2.33. The lowest BCUT2D eigenvalue weighted by molar-refractivity contribution is -0.131. The SMILES string of the molecule is C=CC(=O)N1CCC(Cn2cc(-c3cc4cc(C)cc(OC)c4s3)c3c(N)ncnc32)C1.COc1cc(C)cc2cc(-c3cn(C4CN(C(=O)/C=C/CN(C)C)C4)c4ncnc(N)c34)sc12. The number of anilines is 2. The summed E-state index contributed by atoms with van der Waals surface area (Å²) >= 11 is 3.36. The van der Waals surface area contributed by atoms with E-state index in [1.165, 1.54) is 18.7 Å². The number of nitrogen functional groups attached to an aromatic ring is 2. The van der Waals surface area contributed by atoms with Crippen LogP contribution in [0, 0.1) is 19.8 Å². The molecule has 2 saturated heterocycles. The van der Waals surface area contributed by atoms with Gasteiger partial charge in [0.15, 0.2) is 0 Å². The van der Waals surface area contributed by atoms with E-state index in [-0.39, 0.29) is 17.9 Å². The number of nitrogens with zero attached hydrogens (tertiary/aromatic N) is 9. The molecule has 340 valence electrons. The number of likely N-dealkylation sites (tertiary alicyclic amines) is 2. The number of benzene rings is 2. The van der Waals surface area contributed by atoms with Crippen molar-refractivity contribution in [2.24, 2.45) is 5.92 Å². The molecule has 0 aliphatic carbocycles. The standard InChI is InChI=1S/C25H28N6O2S.C24H25N5O2S/c1-15-8-16-10-20(34-23(16)19(9-15)33-4)18-13-31(25-22(18)24(26)27-14-28-25)17-11-30(12-17)21(32)6-5-7-29(2)3;1-4-20(30)28-6-5-15(10-28)11-29-12-17(21-23(25)26-13-27-24(21)29)19-9-16-7-14(2)8-18(31-3)22(16)32-19/h5-6,8-10,13-14,17H,7,11-12H2,1-4H3,(H2,26,27,28);4,7-9,12-13,15H,1,5-6,10-11H2,2-3H3,(H2,25,26,27)/b6-5+;. The molecule has 2 fully saturated rings. The number of hydrogen-bond acceptors (Lipinski definition) is 13. The number of fused-ring (bicyclic) bond motifs is 4. The Morgan fingerprint density at radius 2 is 1.36 bits per heavy atom. The Hall–Kier alpha value is -6.82. The quantitative estimate of drug-likeness (QED) is 0.120. The van der Waals surface area contributed by atoms with Gasteiger partial charge >= 0.3 is 0 Å². The third kappa shape index (κ3) is 8.45. The lowest BCUT2D eigenvalue weighted by Gasteiger charge is -2.39. The number of thiophene rings is 2. The molecule has 2 aromatic carbocycles. The van der Waals surface area contributed by atoms with E-state index in [0.717, 1.165) is 118 Å². The van der Waals surface area contributed by atoms with Crippen LogP contribution in [0.15, 0.2) is 86.3 Å². The highest BCUT2D eigenvalue weighted by molar-refractivity contribution is 7.23. The van der Waals surface area contributed by atoms with Gasteiger partial charge in [-0.2, -0.15) is 0 Å². The molecule has 0 radical (unpaired) electrons. The predicted octanol–water partition coefficient (Wildman–Crippen LogP) is 7.96. The van der Waals surface area contributed by atoms with Crippen molar-refractivity contribution in [3.05, 3.63) is 97.4 Å². The van der Waals surface area contributed by atoms with Gasteiger partial charge in [0.05, 0.1) is 40.4 Å². The fraction of sp³-hybridized carbons (Fsp3) is 0.306. The highest BCUT2D eigenvalue weighted by atomic mass is 32.1. The lowest BCUT2D eigenvalue weighted by Crippen LogP contribution is -2.50. The molecule has 0 bridgehead atoms. The van der Waals surface area contributed by atoms with Crippen LogP contribution in [-0.4, -0.2) is 117 Å². The number of carbonyl (C=O) groups excluding carboxylic acids is 2.